The summed E-state index contributed by atoms with van der Waals surface area (Å²) in [4.78, 5) is 8.36. The standard InChI is InChI=1S/C7H5F3O.CH2O2/c8-7(9,10)5-2-1-3-6(11)4-5;2-1-3/h1-4,11H;1H,(H,2,3). The van der Waals surface area contributed by atoms with Gasteiger partial charge in [-0.15, -0.1) is 0 Å². The molecule has 1 aromatic carbocycles. The first-order valence-corrected chi connectivity index (χ1v) is 3.36. The molecule has 0 radical (unpaired) electrons. The normalized spacial score (nSPS) is 9.93. The zero-order chi connectivity index (χ0) is 11.2. The predicted molar refractivity (Wildman–Crippen MR) is 41.8 cm³/mol. The summed E-state index contributed by atoms with van der Waals surface area (Å²) in [6.07, 6.45) is -4.38. The van der Waals surface area contributed by atoms with Gasteiger partial charge in [0.2, 0.25) is 0 Å². The van der Waals surface area contributed by atoms with Gasteiger partial charge in [0.25, 0.3) is 6.47 Å². The van der Waals surface area contributed by atoms with Crippen molar-refractivity contribution in [2.75, 3.05) is 0 Å². The van der Waals surface area contributed by atoms with E-state index < -0.39 is 11.7 Å². The predicted octanol–water partition coefficient (Wildman–Crippen LogP) is 2.11. The summed E-state index contributed by atoms with van der Waals surface area (Å²) in [6, 6.07) is 3.92. The topological polar surface area (TPSA) is 57.5 Å². The second kappa shape index (κ2) is 5.11. The molecule has 78 valence electrons. The molecule has 0 amide bonds. The number of phenols is 1. The number of rotatable bonds is 0. The molecule has 2 N–H and O–H groups in total. The van der Waals surface area contributed by atoms with E-state index in [-0.39, 0.29) is 12.2 Å². The Bertz CT molecular complexity index is 296. The lowest BCUT2D eigenvalue weighted by Crippen LogP contribution is -2.03. The van der Waals surface area contributed by atoms with E-state index in [2.05, 4.69) is 0 Å². The minimum absolute atomic E-state index is 0.250. The van der Waals surface area contributed by atoms with Crippen LogP contribution in [0.2, 0.25) is 0 Å². The second-order valence-corrected chi connectivity index (χ2v) is 2.15. The fourth-order valence-electron chi connectivity index (χ4n) is 0.682. The molecule has 0 saturated heterocycles. The van der Waals surface area contributed by atoms with Gasteiger partial charge in [-0.2, -0.15) is 13.2 Å². The Morgan fingerprint density at radius 1 is 1.29 bits per heavy atom. The molecule has 0 heterocycles. The average molecular weight is 208 g/mol. The van der Waals surface area contributed by atoms with Crippen molar-refractivity contribution in [1.82, 2.24) is 0 Å². The quantitative estimate of drug-likeness (QED) is 0.642. The molecule has 0 bridgehead atoms. The SMILES string of the molecule is O=CO.Oc1cccc(C(F)(F)F)c1. The lowest BCUT2D eigenvalue weighted by atomic mass is 10.2. The Balaban J connectivity index is 0.000000500. The Kier molecular flexibility index (Phi) is 4.48. The van der Waals surface area contributed by atoms with Crippen molar-refractivity contribution in [2.45, 2.75) is 6.18 Å². The number of aromatic hydroxyl groups is 1. The van der Waals surface area contributed by atoms with Gasteiger partial charge in [0.15, 0.2) is 0 Å². The summed E-state index contributed by atoms with van der Waals surface area (Å²) in [5.41, 5.74) is -0.836. The minimum atomic E-state index is -4.38. The number of alkyl halides is 3. The monoisotopic (exact) mass is 208 g/mol. The maximum absolute atomic E-state index is 11.9. The number of hydrogen-bond donors (Lipinski definition) is 2. The zero-order valence-electron chi connectivity index (χ0n) is 6.82. The van der Waals surface area contributed by atoms with Crippen LogP contribution in [-0.2, 0) is 11.0 Å². The Hall–Kier alpha value is -1.72. The van der Waals surface area contributed by atoms with Crippen LogP contribution in [0.4, 0.5) is 13.2 Å². The highest BCUT2D eigenvalue weighted by molar-refractivity contribution is 5.32. The van der Waals surface area contributed by atoms with Crippen molar-refractivity contribution in [3.63, 3.8) is 0 Å². The van der Waals surface area contributed by atoms with Crippen molar-refractivity contribution >= 4 is 6.47 Å². The van der Waals surface area contributed by atoms with Crippen molar-refractivity contribution in [3.8, 4) is 5.75 Å². The summed E-state index contributed by atoms with van der Waals surface area (Å²) in [5.74, 6) is -0.375. The molecular formula is C8H7F3O3. The molecule has 0 aromatic heterocycles. The molecular weight excluding hydrogens is 201 g/mol. The van der Waals surface area contributed by atoms with E-state index in [9.17, 15) is 13.2 Å². The first kappa shape index (κ1) is 12.3. The Labute approximate surface area is 77.4 Å². The number of carbonyl (C=O) groups is 1. The summed E-state index contributed by atoms with van der Waals surface area (Å²) in [7, 11) is 0. The van der Waals surface area contributed by atoms with E-state index in [4.69, 9.17) is 15.0 Å². The van der Waals surface area contributed by atoms with Crippen molar-refractivity contribution in [1.29, 1.82) is 0 Å². The van der Waals surface area contributed by atoms with E-state index in [1.807, 2.05) is 0 Å². The van der Waals surface area contributed by atoms with E-state index in [0.29, 0.717) is 6.07 Å². The molecule has 1 rings (SSSR count). The molecule has 0 aliphatic rings. The summed E-state index contributed by atoms with van der Waals surface area (Å²) in [6.45, 7) is -0.250. The molecule has 14 heavy (non-hydrogen) atoms. The van der Waals surface area contributed by atoms with E-state index in [1.54, 1.807) is 0 Å². The summed E-state index contributed by atoms with van der Waals surface area (Å²) < 4.78 is 35.6. The lowest BCUT2D eigenvalue weighted by Gasteiger charge is -2.05. The maximum atomic E-state index is 11.9. The van der Waals surface area contributed by atoms with E-state index in [0.717, 1.165) is 12.1 Å². The van der Waals surface area contributed by atoms with Gasteiger partial charge < -0.3 is 10.2 Å². The molecule has 0 saturated carbocycles. The highest BCUT2D eigenvalue weighted by atomic mass is 19.4. The van der Waals surface area contributed by atoms with Crippen molar-refractivity contribution < 1.29 is 28.2 Å². The smallest absolute Gasteiger partial charge is 0.416 e. The number of hydrogen-bond acceptors (Lipinski definition) is 2. The number of benzene rings is 1. The molecule has 1 aromatic rings. The van der Waals surface area contributed by atoms with E-state index >= 15 is 0 Å². The molecule has 0 aliphatic carbocycles. The van der Waals surface area contributed by atoms with Gasteiger partial charge in [-0.3, -0.25) is 4.79 Å². The highest BCUT2D eigenvalue weighted by Crippen LogP contribution is 2.30. The first-order chi connectivity index (χ1) is 6.41. The van der Waals surface area contributed by atoms with Crippen LogP contribution in [0.15, 0.2) is 24.3 Å². The van der Waals surface area contributed by atoms with Crippen LogP contribution in [0.3, 0.4) is 0 Å². The van der Waals surface area contributed by atoms with E-state index in [1.165, 1.54) is 6.07 Å². The van der Waals surface area contributed by atoms with Crippen LogP contribution in [0.1, 0.15) is 5.56 Å². The van der Waals surface area contributed by atoms with Crippen LogP contribution < -0.4 is 0 Å². The van der Waals surface area contributed by atoms with Crippen LogP contribution >= 0.6 is 0 Å². The summed E-state index contributed by atoms with van der Waals surface area (Å²) in [5, 5.41) is 15.6. The maximum Gasteiger partial charge on any atom is 0.416 e. The van der Waals surface area contributed by atoms with Gasteiger partial charge in [-0.25, -0.2) is 0 Å². The largest absolute Gasteiger partial charge is 0.508 e. The van der Waals surface area contributed by atoms with Crippen LogP contribution in [-0.4, -0.2) is 16.7 Å². The van der Waals surface area contributed by atoms with Gasteiger partial charge in [-0.1, -0.05) is 6.07 Å². The van der Waals surface area contributed by atoms with Crippen molar-refractivity contribution in [3.05, 3.63) is 29.8 Å². The number of halogens is 3. The molecule has 3 nitrogen and oxygen atoms in total. The number of carboxylic acid groups (broad SMARTS) is 1. The zero-order valence-corrected chi connectivity index (χ0v) is 6.82. The third-order valence-electron chi connectivity index (χ3n) is 1.17. The van der Waals surface area contributed by atoms with Crippen LogP contribution in [0.25, 0.3) is 0 Å². The molecule has 0 aliphatic heterocycles. The van der Waals surface area contributed by atoms with Gasteiger partial charge in [-0.05, 0) is 18.2 Å². The average Bonchev–Trinajstić information content (AvgIpc) is 2.04. The van der Waals surface area contributed by atoms with Gasteiger partial charge >= 0.3 is 6.18 Å². The number of phenolic OH excluding ortho intramolecular Hbond substituents is 1. The van der Waals surface area contributed by atoms with Gasteiger partial charge in [0.1, 0.15) is 5.75 Å². The fourth-order valence-corrected chi connectivity index (χ4v) is 0.682. The van der Waals surface area contributed by atoms with Gasteiger partial charge in [0, 0.05) is 0 Å². The Morgan fingerprint density at radius 3 is 2.07 bits per heavy atom. The third kappa shape index (κ3) is 4.34. The first-order valence-electron chi connectivity index (χ1n) is 3.36. The highest BCUT2D eigenvalue weighted by Gasteiger charge is 2.30. The van der Waals surface area contributed by atoms with Crippen molar-refractivity contribution in [2.24, 2.45) is 0 Å². The fraction of sp³-hybridized carbons (Fsp3) is 0.125. The molecule has 6 heteroatoms. The minimum Gasteiger partial charge on any atom is -0.508 e. The van der Waals surface area contributed by atoms with Crippen LogP contribution in [0.5, 0.6) is 5.75 Å². The lowest BCUT2D eigenvalue weighted by molar-refractivity contribution is -0.137. The summed E-state index contributed by atoms with van der Waals surface area (Å²) >= 11 is 0. The van der Waals surface area contributed by atoms with Crippen LogP contribution in [0, 0.1) is 0 Å². The Morgan fingerprint density at radius 2 is 1.79 bits per heavy atom. The molecule has 0 fully saturated rings. The second-order valence-electron chi connectivity index (χ2n) is 2.15. The van der Waals surface area contributed by atoms with Gasteiger partial charge in [0.05, 0.1) is 5.56 Å². The third-order valence-corrected chi connectivity index (χ3v) is 1.17. The molecule has 0 atom stereocenters. The molecule has 0 unspecified atom stereocenters. The molecule has 0 spiro atoms.